The molecule has 140 valence electrons. The molecule has 0 aromatic heterocycles. The Hall–Kier alpha value is -4.06. The van der Waals surface area contributed by atoms with Crippen molar-refractivity contribution in [2.45, 2.75) is 0 Å². The molecule has 0 heterocycles. The zero-order valence-electron chi connectivity index (χ0n) is 14.8. The average Bonchev–Trinajstić information content (AvgIpc) is 2.67. The third kappa shape index (κ3) is 3.71. The van der Waals surface area contributed by atoms with Crippen LogP contribution in [0.5, 0.6) is 0 Å². The molecule has 0 saturated carbocycles. The van der Waals surface area contributed by atoms with Crippen LogP contribution in [0.2, 0.25) is 0 Å². The fraction of sp³-hybridized carbons (Fsp3) is 0. The van der Waals surface area contributed by atoms with E-state index in [0.717, 1.165) is 10.8 Å². The van der Waals surface area contributed by atoms with Crippen molar-refractivity contribution in [3.8, 4) is 0 Å². The van der Waals surface area contributed by atoms with Crippen LogP contribution in [-0.4, -0.2) is 22.2 Å². The average molecular weight is 374 g/mol. The van der Waals surface area contributed by atoms with Crippen LogP contribution in [0.4, 0.5) is 11.4 Å². The number of carboxylic acid groups (broad SMARTS) is 2. The van der Waals surface area contributed by atoms with Gasteiger partial charge in [-0.05, 0) is 46.5 Å². The Balaban J connectivity index is 0.000000161. The molecule has 0 saturated heterocycles. The van der Waals surface area contributed by atoms with Crippen LogP contribution in [0.3, 0.4) is 0 Å². The molecule has 0 atom stereocenters. The van der Waals surface area contributed by atoms with Gasteiger partial charge in [0, 0.05) is 16.8 Å². The standard InChI is InChI=1S/2C11H9NO2/c12-9-6-2-4-7-3-1-5-8(10(7)9)11(13)14;12-8-5-4-7-2-1-3-9(11(13)14)10(7)6-8/h2*1-6H,12H2,(H,13,14). The summed E-state index contributed by atoms with van der Waals surface area (Å²) in [6.45, 7) is 0. The van der Waals surface area contributed by atoms with E-state index in [9.17, 15) is 9.59 Å². The monoisotopic (exact) mass is 374 g/mol. The molecule has 28 heavy (non-hydrogen) atoms. The van der Waals surface area contributed by atoms with E-state index in [-0.39, 0.29) is 11.1 Å². The third-order valence-electron chi connectivity index (χ3n) is 4.30. The Morgan fingerprint density at radius 1 is 0.679 bits per heavy atom. The molecule has 0 radical (unpaired) electrons. The van der Waals surface area contributed by atoms with Gasteiger partial charge in [0.25, 0.3) is 0 Å². The summed E-state index contributed by atoms with van der Waals surface area (Å²) >= 11 is 0. The quantitative estimate of drug-likeness (QED) is 0.389. The first-order valence-electron chi connectivity index (χ1n) is 8.40. The minimum atomic E-state index is -0.950. The number of hydrogen-bond donors (Lipinski definition) is 4. The van der Waals surface area contributed by atoms with Crippen LogP contribution < -0.4 is 11.5 Å². The van der Waals surface area contributed by atoms with Crippen LogP contribution >= 0.6 is 0 Å². The van der Waals surface area contributed by atoms with Crippen LogP contribution in [0.15, 0.2) is 72.8 Å². The molecule has 0 unspecified atom stereocenters. The van der Waals surface area contributed by atoms with Crippen molar-refractivity contribution in [3.05, 3.63) is 83.9 Å². The molecule has 4 aromatic rings. The maximum absolute atomic E-state index is 10.9. The van der Waals surface area contributed by atoms with Gasteiger partial charge in [-0.15, -0.1) is 0 Å². The van der Waals surface area contributed by atoms with Gasteiger partial charge in [0.05, 0.1) is 11.1 Å². The number of carboxylic acids is 2. The van der Waals surface area contributed by atoms with E-state index in [1.807, 2.05) is 30.3 Å². The summed E-state index contributed by atoms with van der Waals surface area (Å²) in [7, 11) is 0. The minimum Gasteiger partial charge on any atom is -0.478 e. The van der Waals surface area contributed by atoms with Gasteiger partial charge in [0.1, 0.15) is 0 Å². The highest BCUT2D eigenvalue weighted by Crippen LogP contribution is 2.24. The van der Waals surface area contributed by atoms with Gasteiger partial charge in [0.2, 0.25) is 0 Å². The molecule has 0 amide bonds. The molecule has 6 heteroatoms. The predicted molar refractivity (Wildman–Crippen MR) is 111 cm³/mol. The predicted octanol–water partition coefficient (Wildman–Crippen LogP) is 4.24. The van der Waals surface area contributed by atoms with E-state index in [2.05, 4.69) is 0 Å². The number of aromatic carboxylic acids is 2. The number of nitrogen functional groups attached to an aromatic ring is 2. The summed E-state index contributed by atoms with van der Waals surface area (Å²) in [5.41, 5.74) is 12.9. The number of fused-ring (bicyclic) bond motifs is 2. The van der Waals surface area contributed by atoms with Crippen molar-refractivity contribution in [2.24, 2.45) is 0 Å². The van der Waals surface area contributed by atoms with Gasteiger partial charge in [0.15, 0.2) is 0 Å². The van der Waals surface area contributed by atoms with Crippen LogP contribution in [0, 0.1) is 0 Å². The Kier molecular flexibility index (Phi) is 5.13. The molecule has 4 aromatic carbocycles. The second kappa shape index (κ2) is 7.67. The zero-order valence-corrected chi connectivity index (χ0v) is 14.8. The fourth-order valence-corrected chi connectivity index (χ4v) is 3.02. The van der Waals surface area contributed by atoms with Gasteiger partial charge in [-0.25, -0.2) is 9.59 Å². The lowest BCUT2D eigenvalue weighted by Crippen LogP contribution is -1.99. The lowest BCUT2D eigenvalue weighted by molar-refractivity contribution is 0.0688. The van der Waals surface area contributed by atoms with E-state index in [4.69, 9.17) is 21.7 Å². The molecular weight excluding hydrogens is 356 g/mol. The van der Waals surface area contributed by atoms with Gasteiger partial charge in [-0.1, -0.05) is 42.5 Å². The number of hydrogen-bond acceptors (Lipinski definition) is 4. The number of nitrogens with two attached hydrogens (primary N) is 2. The van der Waals surface area contributed by atoms with Crippen LogP contribution in [-0.2, 0) is 0 Å². The third-order valence-corrected chi connectivity index (χ3v) is 4.30. The van der Waals surface area contributed by atoms with Gasteiger partial charge >= 0.3 is 11.9 Å². The Morgan fingerprint density at radius 2 is 1.25 bits per heavy atom. The van der Waals surface area contributed by atoms with Crippen molar-refractivity contribution in [2.75, 3.05) is 11.5 Å². The highest BCUT2D eigenvalue weighted by atomic mass is 16.4. The van der Waals surface area contributed by atoms with E-state index in [0.29, 0.717) is 22.1 Å². The topological polar surface area (TPSA) is 127 Å². The molecule has 0 aliphatic carbocycles. The SMILES string of the molecule is Nc1ccc2cccc(C(=O)O)c2c1.Nc1cccc2cccc(C(=O)O)c12. The summed E-state index contributed by atoms with van der Waals surface area (Å²) < 4.78 is 0. The second-order valence-electron chi connectivity index (χ2n) is 6.15. The molecular formula is C22H18N2O4. The van der Waals surface area contributed by atoms with Crippen molar-refractivity contribution in [1.82, 2.24) is 0 Å². The minimum absolute atomic E-state index is 0.251. The summed E-state index contributed by atoms with van der Waals surface area (Å²) in [4.78, 5) is 21.8. The zero-order chi connectivity index (χ0) is 20.3. The summed E-state index contributed by atoms with van der Waals surface area (Å²) in [6.07, 6.45) is 0. The molecule has 6 N–H and O–H groups in total. The molecule has 0 fully saturated rings. The Morgan fingerprint density at radius 3 is 1.89 bits per heavy atom. The first kappa shape index (κ1) is 18.7. The highest BCUT2D eigenvalue weighted by molar-refractivity contribution is 6.08. The van der Waals surface area contributed by atoms with Gasteiger partial charge in [-0.2, -0.15) is 0 Å². The summed E-state index contributed by atoms with van der Waals surface area (Å²) in [5.74, 6) is -1.88. The Labute approximate surface area is 160 Å². The van der Waals surface area contributed by atoms with Crippen molar-refractivity contribution < 1.29 is 19.8 Å². The molecule has 0 aliphatic heterocycles. The largest absolute Gasteiger partial charge is 0.478 e. The highest BCUT2D eigenvalue weighted by Gasteiger charge is 2.09. The maximum Gasteiger partial charge on any atom is 0.336 e. The molecule has 4 rings (SSSR count). The smallest absolute Gasteiger partial charge is 0.336 e. The van der Waals surface area contributed by atoms with Crippen molar-refractivity contribution in [1.29, 1.82) is 0 Å². The number of anilines is 2. The van der Waals surface area contributed by atoms with E-state index in [1.165, 1.54) is 0 Å². The van der Waals surface area contributed by atoms with E-state index >= 15 is 0 Å². The second-order valence-corrected chi connectivity index (χ2v) is 6.15. The first-order valence-corrected chi connectivity index (χ1v) is 8.40. The lowest BCUT2D eigenvalue weighted by Gasteiger charge is -2.04. The molecule has 0 spiro atoms. The van der Waals surface area contributed by atoms with Crippen LogP contribution in [0.25, 0.3) is 21.5 Å². The summed E-state index contributed by atoms with van der Waals surface area (Å²) in [6, 6.07) is 20.9. The molecule has 0 bridgehead atoms. The van der Waals surface area contributed by atoms with Crippen molar-refractivity contribution in [3.63, 3.8) is 0 Å². The molecule has 6 nitrogen and oxygen atoms in total. The number of rotatable bonds is 2. The number of carbonyl (C=O) groups is 2. The lowest BCUT2D eigenvalue weighted by atomic mass is 10.0. The van der Waals surface area contributed by atoms with Gasteiger partial charge in [-0.3, -0.25) is 0 Å². The summed E-state index contributed by atoms with van der Waals surface area (Å²) in [5, 5.41) is 20.9. The van der Waals surface area contributed by atoms with E-state index < -0.39 is 11.9 Å². The van der Waals surface area contributed by atoms with Gasteiger partial charge < -0.3 is 21.7 Å². The van der Waals surface area contributed by atoms with Crippen LogP contribution in [0.1, 0.15) is 20.7 Å². The van der Waals surface area contributed by atoms with E-state index in [1.54, 1.807) is 42.5 Å². The first-order chi connectivity index (χ1) is 13.4. The Bertz CT molecular complexity index is 1200. The number of benzene rings is 4. The maximum atomic E-state index is 10.9. The van der Waals surface area contributed by atoms with Crippen molar-refractivity contribution >= 4 is 44.9 Å². The fourth-order valence-electron chi connectivity index (χ4n) is 3.02. The molecule has 0 aliphatic rings. The normalized spacial score (nSPS) is 10.3.